The fraction of sp³-hybridized carbons (Fsp3) is 0.130. The predicted octanol–water partition coefficient (Wildman–Crippen LogP) is 5.46. The second kappa shape index (κ2) is 7.87. The summed E-state index contributed by atoms with van der Waals surface area (Å²) in [5.41, 5.74) is 4.75. The number of aromatic nitrogens is 2. The molecule has 0 bridgehead atoms. The highest BCUT2D eigenvalue weighted by Crippen LogP contribution is 2.30. The first-order chi connectivity index (χ1) is 13.6. The van der Waals surface area contributed by atoms with Crippen LogP contribution in [0.3, 0.4) is 0 Å². The molecule has 28 heavy (non-hydrogen) atoms. The van der Waals surface area contributed by atoms with Gasteiger partial charge in [-0.25, -0.2) is 4.98 Å². The van der Waals surface area contributed by atoms with Crippen LogP contribution >= 0.6 is 11.6 Å². The molecule has 0 saturated carbocycles. The molecule has 1 N–H and O–H groups in total. The summed E-state index contributed by atoms with van der Waals surface area (Å²) < 4.78 is 1.96. The lowest BCUT2D eigenvalue weighted by molar-refractivity contribution is -0.116. The first kappa shape index (κ1) is 18.3. The highest BCUT2D eigenvalue weighted by molar-refractivity contribution is 6.30. The third kappa shape index (κ3) is 3.92. The lowest BCUT2D eigenvalue weighted by Crippen LogP contribution is -2.17. The molecule has 4 nitrogen and oxygen atoms in total. The van der Waals surface area contributed by atoms with Crippen molar-refractivity contribution in [1.29, 1.82) is 0 Å². The smallest absolute Gasteiger partial charge is 0.225 e. The van der Waals surface area contributed by atoms with Crippen LogP contribution in [-0.2, 0) is 4.79 Å². The number of amides is 1. The summed E-state index contributed by atoms with van der Waals surface area (Å²) in [5.74, 6) is -0.185. The average Bonchev–Trinajstić information content (AvgIpc) is 3.11. The molecule has 1 unspecified atom stereocenters. The van der Waals surface area contributed by atoms with Gasteiger partial charge in [0.05, 0.1) is 10.7 Å². The Morgan fingerprint density at radius 3 is 2.57 bits per heavy atom. The van der Waals surface area contributed by atoms with Gasteiger partial charge < -0.3 is 9.72 Å². The monoisotopic (exact) mass is 389 g/mol. The van der Waals surface area contributed by atoms with E-state index in [1.54, 1.807) is 0 Å². The molecule has 0 spiro atoms. The number of rotatable bonds is 5. The second-order valence-corrected chi connectivity index (χ2v) is 7.28. The Morgan fingerprint density at radius 2 is 1.82 bits per heavy atom. The summed E-state index contributed by atoms with van der Waals surface area (Å²) in [6, 6.07) is 21.5. The van der Waals surface area contributed by atoms with E-state index in [0.717, 1.165) is 28.2 Å². The highest BCUT2D eigenvalue weighted by atomic mass is 35.5. The molecule has 1 atom stereocenters. The first-order valence-corrected chi connectivity index (χ1v) is 9.52. The Labute approximate surface area is 168 Å². The molecular formula is C23H20ClN3O. The molecule has 140 valence electrons. The van der Waals surface area contributed by atoms with Crippen molar-refractivity contribution < 1.29 is 4.79 Å². The maximum Gasteiger partial charge on any atom is 0.225 e. The molecule has 1 amide bonds. The van der Waals surface area contributed by atoms with Crippen molar-refractivity contribution in [2.75, 3.05) is 5.32 Å². The second-order valence-electron chi connectivity index (χ2n) is 6.84. The lowest BCUT2D eigenvalue weighted by atomic mass is 9.92. The summed E-state index contributed by atoms with van der Waals surface area (Å²) in [5, 5.41) is 3.62. The molecule has 4 rings (SSSR count). The lowest BCUT2D eigenvalue weighted by Gasteiger charge is -2.17. The van der Waals surface area contributed by atoms with E-state index in [2.05, 4.69) is 10.3 Å². The van der Waals surface area contributed by atoms with E-state index in [1.165, 1.54) is 0 Å². The number of nitrogens with one attached hydrogen (secondary N) is 1. The number of fused-ring (bicyclic) bond motifs is 1. The van der Waals surface area contributed by atoms with Crippen molar-refractivity contribution >= 4 is 28.8 Å². The van der Waals surface area contributed by atoms with E-state index in [9.17, 15) is 4.79 Å². The molecule has 2 aromatic carbocycles. The molecule has 5 heteroatoms. The van der Waals surface area contributed by atoms with Crippen LogP contribution in [0.15, 0.2) is 79.1 Å². The van der Waals surface area contributed by atoms with Crippen LogP contribution in [0.4, 0.5) is 5.69 Å². The van der Waals surface area contributed by atoms with E-state index in [0.29, 0.717) is 11.4 Å². The van der Waals surface area contributed by atoms with E-state index < -0.39 is 0 Å². The number of benzene rings is 2. The number of nitrogens with zero attached hydrogens (tertiary/aromatic N) is 2. The number of pyridine rings is 1. The zero-order chi connectivity index (χ0) is 19.5. The molecule has 2 aromatic heterocycles. The molecule has 2 heterocycles. The number of imidazole rings is 1. The summed E-state index contributed by atoms with van der Waals surface area (Å²) >= 11 is 6.20. The minimum atomic E-state index is -0.139. The fourth-order valence-corrected chi connectivity index (χ4v) is 3.50. The topological polar surface area (TPSA) is 46.4 Å². The number of hydrogen-bond acceptors (Lipinski definition) is 2. The van der Waals surface area contributed by atoms with Crippen molar-refractivity contribution in [2.24, 2.45) is 0 Å². The summed E-state index contributed by atoms with van der Waals surface area (Å²) in [4.78, 5) is 17.3. The van der Waals surface area contributed by atoms with Gasteiger partial charge in [0.15, 0.2) is 0 Å². The van der Waals surface area contributed by atoms with Crippen molar-refractivity contribution in [1.82, 2.24) is 9.38 Å². The maximum absolute atomic E-state index is 12.8. The third-order valence-corrected chi connectivity index (χ3v) is 5.01. The zero-order valence-electron chi connectivity index (χ0n) is 15.5. The number of hydrogen-bond donors (Lipinski definition) is 1. The molecule has 4 aromatic rings. The SMILES string of the molecule is Cc1ccc(NC(=O)CC(c2ccccc2)c2cnc3ccc(Cl)cn23)cc1. The Bertz CT molecular complexity index is 1100. The van der Waals surface area contributed by atoms with Crippen LogP contribution in [0.1, 0.15) is 29.2 Å². The molecule has 0 aliphatic heterocycles. The number of carbonyl (C=O) groups is 1. The average molecular weight is 390 g/mol. The maximum atomic E-state index is 12.8. The molecule has 0 aliphatic carbocycles. The van der Waals surface area contributed by atoms with Crippen molar-refractivity contribution in [3.8, 4) is 0 Å². The van der Waals surface area contributed by atoms with Crippen molar-refractivity contribution in [3.63, 3.8) is 0 Å². The number of anilines is 1. The van der Waals surface area contributed by atoms with Gasteiger partial charge in [0.25, 0.3) is 0 Å². The van der Waals surface area contributed by atoms with Crippen molar-refractivity contribution in [2.45, 2.75) is 19.3 Å². The predicted molar refractivity (Wildman–Crippen MR) is 113 cm³/mol. The Balaban J connectivity index is 1.67. The normalized spacial score (nSPS) is 12.1. The Morgan fingerprint density at radius 1 is 1.07 bits per heavy atom. The number of halogens is 1. The Hall–Kier alpha value is -3.11. The standard InChI is InChI=1S/C23H20ClN3O/c1-16-7-10-19(11-8-16)26-23(28)13-20(17-5-3-2-4-6-17)21-14-25-22-12-9-18(24)15-27(21)22/h2-12,14-15,20H,13H2,1H3,(H,26,28). The summed E-state index contributed by atoms with van der Waals surface area (Å²) in [6.45, 7) is 2.02. The van der Waals surface area contributed by atoms with Crippen LogP contribution in [0.5, 0.6) is 0 Å². The van der Waals surface area contributed by atoms with Crippen LogP contribution in [-0.4, -0.2) is 15.3 Å². The number of aryl methyl sites for hydroxylation is 1. The van der Waals surface area contributed by atoms with E-state index in [1.807, 2.05) is 90.4 Å². The van der Waals surface area contributed by atoms with Gasteiger partial charge in [0.2, 0.25) is 5.91 Å². The third-order valence-electron chi connectivity index (χ3n) is 4.78. The molecule has 0 radical (unpaired) electrons. The van der Waals surface area contributed by atoms with Gasteiger partial charge in [-0.1, -0.05) is 59.6 Å². The van der Waals surface area contributed by atoms with Crippen LogP contribution in [0.2, 0.25) is 5.02 Å². The molecule has 0 saturated heterocycles. The highest BCUT2D eigenvalue weighted by Gasteiger charge is 2.22. The van der Waals surface area contributed by atoms with Crippen LogP contribution < -0.4 is 5.32 Å². The van der Waals surface area contributed by atoms with Gasteiger partial charge in [-0.2, -0.15) is 0 Å². The minimum Gasteiger partial charge on any atom is -0.326 e. The summed E-state index contributed by atoms with van der Waals surface area (Å²) in [6.07, 6.45) is 3.97. The summed E-state index contributed by atoms with van der Waals surface area (Å²) in [7, 11) is 0. The fourth-order valence-electron chi connectivity index (χ4n) is 3.34. The first-order valence-electron chi connectivity index (χ1n) is 9.14. The van der Waals surface area contributed by atoms with Crippen LogP contribution in [0, 0.1) is 6.92 Å². The van der Waals surface area contributed by atoms with Gasteiger partial charge in [-0.05, 0) is 36.8 Å². The van der Waals surface area contributed by atoms with Gasteiger partial charge in [0, 0.05) is 30.4 Å². The van der Waals surface area contributed by atoms with Gasteiger partial charge >= 0.3 is 0 Å². The minimum absolute atomic E-state index is 0.0466. The molecular weight excluding hydrogens is 370 g/mol. The van der Waals surface area contributed by atoms with Gasteiger partial charge in [-0.15, -0.1) is 0 Å². The number of carbonyl (C=O) groups excluding carboxylic acids is 1. The van der Waals surface area contributed by atoms with E-state index in [4.69, 9.17) is 11.6 Å². The largest absolute Gasteiger partial charge is 0.326 e. The zero-order valence-corrected chi connectivity index (χ0v) is 16.2. The van der Waals surface area contributed by atoms with E-state index in [-0.39, 0.29) is 11.8 Å². The van der Waals surface area contributed by atoms with E-state index >= 15 is 0 Å². The molecule has 0 aliphatic rings. The Kier molecular flexibility index (Phi) is 5.13. The van der Waals surface area contributed by atoms with Crippen molar-refractivity contribution in [3.05, 3.63) is 101 Å². The van der Waals surface area contributed by atoms with Gasteiger partial charge in [0.1, 0.15) is 5.65 Å². The van der Waals surface area contributed by atoms with Gasteiger partial charge in [-0.3, -0.25) is 4.79 Å². The molecule has 0 fully saturated rings. The quantitative estimate of drug-likeness (QED) is 0.492. The van der Waals surface area contributed by atoms with Crippen LogP contribution in [0.25, 0.3) is 5.65 Å².